The highest BCUT2D eigenvalue weighted by molar-refractivity contribution is 5.90. The summed E-state index contributed by atoms with van der Waals surface area (Å²) >= 11 is 0. The van der Waals surface area contributed by atoms with Gasteiger partial charge in [-0.15, -0.1) is 0 Å². The molecule has 0 aliphatic carbocycles. The van der Waals surface area contributed by atoms with Gasteiger partial charge >= 0.3 is 0 Å². The van der Waals surface area contributed by atoms with Crippen LogP contribution in [0.4, 0.5) is 0 Å². The normalized spacial score (nSPS) is 15.7. The topological polar surface area (TPSA) is 88.4 Å². The molecule has 1 aromatic carbocycles. The summed E-state index contributed by atoms with van der Waals surface area (Å²) in [5.41, 5.74) is 2.34. The maximum absolute atomic E-state index is 13.6. The van der Waals surface area contributed by atoms with Gasteiger partial charge in [0.2, 0.25) is 0 Å². The molecule has 7 heteroatoms. The largest absolute Gasteiger partial charge is 0.490 e. The predicted octanol–water partition coefficient (Wildman–Crippen LogP) is 3.88. The standard InChI is InChI=1S/C29H30N4O3/c34-22(20-36-27-11-5-10-24-23(27)7-6-16-30-24)19-33-17-12-21(13-18-33)29(35)28(25-8-1-3-14-31-25)26-9-2-4-15-32-26/h1-11,14-16,21-22,28,34H,12-13,17-20H2. The van der Waals surface area contributed by atoms with Crippen molar-refractivity contribution in [3.8, 4) is 5.75 Å². The third-order valence-corrected chi connectivity index (χ3v) is 6.75. The lowest BCUT2D eigenvalue weighted by atomic mass is 9.82. The number of carbonyl (C=O) groups excluding carboxylic acids is 1. The molecule has 0 bridgehead atoms. The van der Waals surface area contributed by atoms with Crippen molar-refractivity contribution in [1.82, 2.24) is 19.9 Å². The summed E-state index contributed by atoms with van der Waals surface area (Å²) in [5, 5.41) is 11.6. The monoisotopic (exact) mass is 482 g/mol. The number of rotatable bonds is 9. The maximum Gasteiger partial charge on any atom is 0.151 e. The number of Topliss-reactive ketones (excluding diaryl/α,β-unsaturated/α-hetero) is 1. The summed E-state index contributed by atoms with van der Waals surface area (Å²) in [6, 6.07) is 20.9. The van der Waals surface area contributed by atoms with Crippen LogP contribution in [0.25, 0.3) is 10.9 Å². The van der Waals surface area contributed by atoms with E-state index in [0.717, 1.165) is 54.0 Å². The van der Waals surface area contributed by atoms with Crippen molar-refractivity contribution in [2.24, 2.45) is 5.92 Å². The first-order chi connectivity index (χ1) is 17.7. The third kappa shape index (κ3) is 5.58. The number of likely N-dealkylation sites (tertiary alicyclic amines) is 1. The zero-order chi connectivity index (χ0) is 24.7. The second-order valence-electron chi connectivity index (χ2n) is 9.21. The molecule has 4 heterocycles. The number of hydrogen-bond acceptors (Lipinski definition) is 7. The van der Waals surface area contributed by atoms with Crippen LogP contribution >= 0.6 is 0 Å². The van der Waals surface area contributed by atoms with Gasteiger partial charge in [-0.05, 0) is 74.5 Å². The van der Waals surface area contributed by atoms with Crippen molar-refractivity contribution < 1.29 is 14.6 Å². The number of pyridine rings is 3. The molecule has 0 saturated carbocycles. The average molecular weight is 483 g/mol. The molecule has 1 atom stereocenters. The fraction of sp³-hybridized carbons (Fsp3) is 0.310. The summed E-state index contributed by atoms with van der Waals surface area (Å²) < 4.78 is 5.93. The number of aliphatic hydroxyl groups is 1. The Morgan fingerprint density at radius 2 is 1.58 bits per heavy atom. The van der Waals surface area contributed by atoms with Gasteiger partial charge in [0.25, 0.3) is 0 Å². The molecule has 1 fully saturated rings. The van der Waals surface area contributed by atoms with E-state index in [4.69, 9.17) is 4.74 Å². The van der Waals surface area contributed by atoms with Crippen LogP contribution < -0.4 is 4.74 Å². The Hall–Kier alpha value is -3.68. The molecule has 1 N–H and O–H groups in total. The van der Waals surface area contributed by atoms with Gasteiger partial charge in [-0.3, -0.25) is 19.7 Å². The molecule has 4 aromatic rings. The second kappa shape index (κ2) is 11.4. The summed E-state index contributed by atoms with van der Waals surface area (Å²) in [6.07, 6.45) is 6.07. The number of carbonyl (C=O) groups is 1. The Morgan fingerprint density at radius 1 is 0.889 bits per heavy atom. The Balaban J connectivity index is 1.16. The highest BCUT2D eigenvalue weighted by atomic mass is 16.5. The van der Waals surface area contributed by atoms with Crippen molar-refractivity contribution in [3.05, 3.63) is 96.7 Å². The molecule has 1 aliphatic heterocycles. The Labute approximate surface area is 210 Å². The van der Waals surface area contributed by atoms with E-state index in [9.17, 15) is 9.90 Å². The molecule has 36 heavy (non-hydrogen) atoms. The van der Waals surface area contributed by atoms with E-state index in [1.54, 1.807) is 18.6 Å². The number of benzene rings is 1. The molecular formula is C29H30N4O3. The lowest BCUT2D eigenvalue weighted by molar-refractivity contribution is -0.125. The molecule has 3 aromatic heterocycles. The summed E-state index contributed by atoms with van der Waals surface area (Å²) in [6.45, 7) is 2.22. The number of fused-ring (bicyclic) bond motifs is 1. The number of aromatic nitrogens is 3. The van der Waals surface area contributed by atoms with Gasteiger partial charge < -0.3 is 14.7 Å². The zero-order valence-corrected chi connectivity index (χ0v) is 20.1. The molecule has 0 spiro atoms. The molecule has 7 nitrogen and oxygen atoms in total. The SMILES string of the molecule is O=C(C1CCN(CC(O)COc2cccc3ncccc23)CC1)C(c1ccccn1)c1ccccn1. The van der Waals surface area contributed by atoms with Crippen LogP contribution in [0.3, 0.4) is 0 Å². The first-order valence-electron chi connectivity index (χ1n) is 12.4. The van der Waals surface area contributed by atoms with E-state index in [1.165, 1.54) is 0 Å². The van der Waals surface area contributed by atoms with Crippen LogP contribution in [0.2, 0.25) is 0 Å². The summed E-state index contributed by atoms with van der Waals surface area (Å²) in [5.74, 6) is 0.365. The highest BCUT2D eigenvalue weighted by Gasteiger charge is 2.33. The number of hydrogen-bond donors (Lipinski definition) is 1. The molecule has 1 saturated heterocycles. The number of nitrogens with zero attached hydrogens (tertiary/aromatic N) is 4. The fourth-order valence-electron chi connectivity index (χ4n) is 4.91. The number of β-amino-alcohol motifs (C(OH)–C–C–N with tert-alkyl or cyclic N) is 1. The number of ether oxygens (including phenoxy) is 1. The maximum atomic E-state index is 13.6. The second-order valence-corrected chi connectivity index (χ2v) is 9.21. The number of ketones is 1. The van der Waals surface area contributed by atoms with Gasteiger partial charge in [-0.1, -0.05) is 18.2 Å². The average Bonchev–Trinajstić information content (AvgIpc) is 2.93. The first-order valence-corrected chi connectivity index (χ1v) is 12.4. The van der Waals surface area contributed by atoms with Crippen LogP contribution in [0.15, 0.2) is 85.3 Å². The van der Waals surface area contributed by atoms with E-state index < -0.39 is 12.0 Å². The Morgan fingerprint density at radius 3 is 2.25 bits per heavy atom. The van der Waals surface area contributed by atoms with Crippen LogP contribution in [0.1, 0.15) is 30.1 Å². The minimum Gasteiger partial charge on any atom is -0.490 e. The predicted molar refractivity (Wildman–Crippen MR) is 138 cm³/mol. The smallest absolute Gasteiger partial charge is 0.151 e. The van der Waals surface area contributed by atoms with E-state index in [-0.39, 0.29) is 18.3 Å². The van der Waals surface area contributed by atoms with Gasteiger partial charge in [-0.25, -0.2) is 0 Å². The minimum absolute atomic E-state index is 0.0631. The number of aliphatic hydroxyl groups excluding tert-OH is 1. The van der Waals surface area contributed by atoms with Crippen molar-refractivity contribution in [2.75, 3.05) is 26.2 Å². The van der Waals surface area contributed by atoms with Crippen molar-refractivity contribution in [1.29, 1.82) is 0 Å². The van der Waals surface area contributed by atoms with Crippen LogP contribution in [-0.2, 0) is 4.79 Å². The molecule has 5 rings (SSSR count). The van der Waals surface area contributed by atoms with E-state index in [2.05, 4.69) is 19.9 Å². The van der Waals surface area contributed by atoms with E-state index >= 15 is 0 Å². The molecule has 1 aliphatic rings. The lowest BCUT2D eigenvalue weighted by Crippen LogP contribution is -2.42. The minimum atomic E-state index is -0.626. The number of piperidine rings is 1. The van der Waals surface area contributed by atoms with Crippen LogP contribution in [0, 0.1) is 5.92 Å². The van der Waals surface area contributed by atoms with Crippen LogP contribution in [-0.4, -0.2) is 63.1 Å². The zero-order valence-electron chi connectivity index (χ0n) is 20.1. The van der Waals surface area contributed by atoms with Crippen molar-refractivity contribution in [3.63, 3.8) is 0 Å². The van der Waals surface area contributed by atoms with Crippen molar-refractivity contribution >= 4 is 16.7 Å². The molecule has 184 valence electrons. The van der Waals surface area contributed by atoms with Gasteiger partial charge in [0, 0.05) is 36.4 Å². The van der Waals surface area contributed by atoms with Crippen molar-refractivity contribution in [2.45, 2.75) is 24.9 Å². The molecular weight excluding hydrogens is 452 g/mol. The third-order valence-electron chi connectivity index (χ3n) is 6.75. The quantitative estimate of drug-likeness (QED) is 0.387. The highest BCUT2D eigenvalue weighted by Crippen LogP contribution is 2.30. The Bertz CT molecular complexity index is 1230. The van der Waals surface area contributed by atoms with Gasteiger partial charge in [0.15, 0.2) is 5.78 Å². The van der Waals surface area contributed by atoms with Gasteiger partial charge in [0.1, 0.15) is 24.4 Å². The van der Waals surface area contributed by atoms with Crippen LogP contribution in [0.5, 0.6) is 5.75 Å². The van der Waals surface area contributed by atoms with Gasteiger partial charge in [0.05, 0.1) is 16.9 Å². The Kier molecular flexibility index (Phi) is 7.59. The summed E-state index contributed by atoms with van der Waals surface area (Å²) in [7, 11) is 0. The lowest BCUT2D eigenvalue weighted by Gasteiger charge is -2.33. The molecule has 1 unspecified atom stereocenters. The van der Waals surface area contributed by atoms with Gasteiger partial charge in [-0.2, -0.15) is 0 Å². The summed E-state index contributed by atoms with van der Waals surface area (Å²) in [4.78, 5) is 29.1. The van der Waals surface area contributed by atoms with E-state index in [1.807, 2.05) is 66.7 Å². The van der Waals surface area contributed by atoms with E-state index in [0.29, 0.717) is 6.54 Å². The fourth-order valence-corrected chi connectivity index (χ4v) is 4.91. The molecule has 0 radical (unpaired) electrons. The molecule has 0 amide bonds. The first kappa shape index (κ1) is 24.0.